The van der Waals surface area contributed by atoms with Crippen molar-refractivity contribution in [2.75, 3.05) is 4.90 Å². The Hall–Kier alpha value is -6.18. The van der Waals surface area contributed by atoms with Crippen LogP contribution in [0.3, 0.4) is 0 Å². The maximum Gasteiger partial charge on any atom is 0.0714 e. The van der Waals surface area contributed by atoms with Crippen LogP contribution < -0.4 is 4.90 Å². The standard InChI is InChI=1S/C50H37N/c1-49(2)43-28-16-14-26-40(43)41-31-30-38(33-45(41)49)51(37-23-10-5-11-24-37)48-39-25-13-12-18-34(39)32-46-47(48)42-27-15-17-29-44(42)50(46,35-19-6-3-7-20-35)36-21-8-4-9-22-36/h3-33H,1-2H3. The van der Waals surface area contributed by atoms with Crippen LogP contribution in [-0.2, 0) is 10.8 Å². The van der Waals surface area contributed by atoms with Crippen LogP contribution in [0.2, 0.25) is 0 Å². The lowest BCUT2D eigenvalue weighted by Gasteiger charge is -2.35. The Balaban J connectivity index is 1.35. The Morgan fingerprint density at radius 1 is 0.392 bits per heavy atom. The molecular weight excluding hydrogens is 615 g/mol. The molecule has 0 heterocycles. The maximum absolute atomic E-state index is 2.53. The fourth-order valence-electron chi connectivity index (χ4n) is 9.28. The fourth-order valence-corrected chi connectivity index (χ4v) is 9.28. The van der Waals surface area contributed by atoms with Gasteiger partial charge in [0.1, 0.15) is 0 Å². The summed E-state index contributed by atoms with van der Waals surface area (Å²) in [5.74, 6) is 0. The average molecular weight is 652 g/mol. The molecule has 0 saturated heterocycles. The van der Waals surface area contributed by atoms with E-state index in [1.54, 1.807) is 0 Å². The predicted molar refractivity (Wildman–Crippen MR) is 213 cm³/mol. The van der Waals surface area contributed by atoms with Crippen LogP contribution in [0.25, 0.3) is 33.0 Å². The van der Waals surface area contributed by atoms with Crippen molar-refractivity contribution >= 4 is 27.8 Å². The van der Waals surface area contributed by atoms with Gasteiger partial charge in [0.15, 0.2) is 0 Å². The zero-order valence-electron chi connectivity index (χ0n) is 28.8. The molecule has 0 N–H and O–H groups in total. The van der Waals surface area contributed by atoms with E-state index >= 15 is 0 Å². The summed E-state index contributed by atoms with van der Waals surface area (Å²) >= 11 is 0. The first-order valence-corrected chi connectivity index (χ1v) is 18.0. The fraction of sp³-hybridized carbons (Fsp3) is 0.0800. The average Bonchev–Trinajstić information content (AvgIpc) is 3.61. The number of nitrogens with zero attached hydrogens (tertiary/aromatic N) is 1. The normalized spacial score (nSPS) is 14.4. The highest BCUT2D eigenvalue weighted by Gasteiger charge is 2.48. The molecule has 0 radical (unpaired) electrons. The van der Waals surface area contributed by atoms with Gasteiger partial charge in [-0.25, -0.2) is 0 Å². The van der Waals surface area contributed by atoms with Crippen molar-refractivity contribution in [1.29, 1.82) is 0 Å². The van der Waals surface area contributed by atoms with E-state index in [0.717, 1.165) is 11.4 Å². The third-order valence-electron chi connectivity index (χ3n) is 11.5. The van der Waals surface area contributed by atoms with Gasteiger partial charge >= 0.3 is 0 Å². The van der Waals surface area contributed by atoms with Crippen molar-refractivity contribution in [2.24, 2.45) is 0 Å². The second-order valence-corrected chi connectivity index (χ2v) is 14.5. The van der Waals surface area contributed by atoms with E-state index < -0.39 is 5.41 Å². The highest BCUT2D eigenvalue weighted by Crippen LogP contribution is 2.61. The summed E-state index contributed by atoms with van der Waals surface area (Å²) in [4.78, 5) is 2.53. The number of anilines is 3. The third-order valence-corrected chi connectivity index (χ3v) is 11.5. The Labute approximate surface area is 300 Å². The molecule has 0 fully saturated rings. The van der Waals surface area contributed by atoms with Gasteiger partial charge in [0.05, 0.1) is 11.1 Å². The van der Waals surface area contributed by atoms with Gasteiger partial charge in [-0.05, 0) is 85.8 Å². The SMILES string of the molecule is CC1(C)c2ccccc2-c2ccc(N(c3ccccc3)c3c4c(cc5ccccc35)C(c3ccccc3)(c3ccccc3)c3ccccc3-4)cc21. The molecule has 242 valence electrons. The number of hydrogen-bond acceptors (Lipinski definition) is 1. The molecule has 0 bridgehead atoms. The molecular formula is C50H37N. The first-order chi connectivity index (χ1) is 25.1. The van der Waals surface area contributed by atoms with Gasteiger partial charge < -0.3 is 4.90 Å². The Morgan fingerprint density at radius 3 is 1.65 bits per heavy atom. The maximum atomic E-state index is 2.53. The summed E-state index contributed by atoms with van der Waals surface area (Å²) in [5, 5.41) is 2.46. The van der Waals surface area contributed by atoms with Gasteiger partial charge in [0.2, 0.25) is 0 Å². The lowest BCUT2D eigenvalue weighted by molar-refractivity contribution is 0.660. The van der Waals surface area contributed by atoms with Gasteiger partial charge in [0, 0.05) is 27.7 Å². The van der Waals surface area contributed by atoms with Crippen LogP contribution in [0.15, 0.2) is 188 Å². The van der Waals surface area contributed by atoms with E-state index in [4.69, 9.17) is 0 Å². The first kappa shape index (κ1) is 29.7. The minimum atomic E-state index is -0.503. The number of rotatable bonds is 5. The number of hydrogen-bond donors (Lipinski definition) is 0. The zero-order chi connectivity index (χ0) is 34.2. The van der Waals surface area contributed by atoms with Crippen LogP contribution in [0.5, 0.6) is 0 Å². The van der Waals surface area contributed by atoms with Crippen LogP contribution in [0, 0.1) is 0 Å². The van der Waals surface area contributed by atoms with Crippen LogP contribution >= 0.6 is 0 Å². The van der Waals surface area contributed by atoms with Crippen molar-refractivity contribution in [3.05, 3.63) is 221 Å². The minimum Gasteiger partial charge on any atom is -0.309 e. The topological polar surface area (TPSA) is 3.24 Å². The summed E-state index contributed by atoms with van der Waals surface area (Å²) in [6.07, 6.45) is 0. The highest BCUT2D eigenvalue weighted by atomic mass is 15.1. The minimum absolute atomic E-state index is 0.118. The summed E-state index contributed by atoms with van der Waals surface area (Å²) < 4.78 is 0. The Morgan fingerprint density at radius 2 is 0.941 bits per heavy atom. The molecule has 0 saturated carbocycles. The molecule has 0 aliphatic heterocycles. The molecule has 1 nitrogen and oxygen atoms in total. The van der Waals surface area contributed by atoms with Crippen molar-refractivity contribution in [3.8, 4) is 22.3 Å². The lowest BCUT2D eigenvalue weighted by Crippen LogP contribution is -2.28. The Kier molecular flexibility index (Phi) is 6.51. The number of para-hydroxylation sites is 1. The molecule has 51 heavy (non-hydrogen) atoms. The molecule has 1 heteroatoms. The van der Waals surface area contributed by atoms with Crippen molar-refractivity contribution in [1.82, 2.24) is 0 Å². The van der Waals surface area contributed by atoms with E-state index in [2.05, 4.69) is 207 Å². The van der Waals surface area contributed by atoms with Gasteiger partial charge in [-0.3, -0.25) is 0 Å². The molecule has 0 spiro atoms. The molecule has 10 rings (SSSR count). The third kappa shape index (κ3) is 4.15. The summed E-state index contributed by atoms with van der Waals surface area (Å²) in [6.45, 7) is 4.74. The monoisotopic (exact) mass is 651 g/mol. The van der Waals surface area contributed by atoms with E-state index in [-0.39, 0.29) is 5.41 Å². The number of fused-ring (bicyclic) bond motifs is 7. The summed E-state index contributed by atoms with van der Waals surface area (Å²) in [7, 11) is 0. The first-order valence-electron chi connectivity index (χ1n) is 18.0. The second-order valence-electron chi connectivity index (χ2n) is 14.5. The smallest absolute Gasteiger partial charge is 0.0714 e. The quantitative estimate of drug-likeness (QED) is 0.179. The molecule has 0 atom stereocenters. The molecule has 0 aromatic heterocycles. The summed E-state index contributed by atoms with van der Waals surface area (Å²) in [5.41, 5.74) is 16.0. The van der Waals surface area contributed by atoms with E-state index in [1.807, 2.05) is 0 Å². The zero-order valence-corrected chi connectivity index (χ0v) is 28.8. The van der Waals surface area contributed by atoms with Gasteiger partial charge in [-0.15, -0.1) is 0 Å². The molecule has 0 unspecified atom stereocenters. The van der Waals surface area contributed by atoms with Gasteiger partial charge in [-0.2, -0.15) is 0 Å². The Bertz CT molecular complexity index is 2560. The van der Waals surface area contributed by atoms with Crippen molar-refractivity contribution in [2.45, 2.75) is 24.7 Å². The second kappa shape index (κ2) is 11.2. The van der Waals surface area contributed by atoms with Crippen LogP contribution in [0.4, 0.5) is 17.1 Å². The predicted octanol–water partition coefficient (Wildman–Crippen LogP) is 13.0. The molecule has 2 aliphatic rings. The largest absolute Gasteiger partial charge is 0.309 e. The van der Waals surface area contributed by atoms with Crippen molar-refractivity contribution < 1.29 is 0 Å². The molecule has 0 amide bonds. The molecule has 8 aromatic rings. The van der Waals surface area contributed by atoms with E-state index in [9.17, 15) is 0 Å². The molecule has 8 aromatic carbocycles. The van der Waals surface area contributed by atoms with Crippen molar-refractivity contribution in [3.63, 3.8) is 0 Å². The van der Waals surface area contributed by atoms with Gasteiger partial charge in [0.25, 0.3) is 0 Å². The van der Waals surface area contributed by atoms with Crippen LogP contribution in [0.1, 0.15) is 47.2 Å². The van der Waals surface area contributed by atoms with Crippen LogP contribution in [-0.4, -0.2) is 0 Å². The van der Waals surface area contributed by atoms with E-state index in [0.29, 0.717) is 0 Å². The van der Waals surface area contributed by atoms with E-state index in [1.165, 1.54) is 72.1 Å². The highest BCUT2D eigenvalue weighted by molar-refractivity contribution is 6.11. The molecule has 2 aliphatic carbocycles. The lowest BCUT2D eigenvalue weighted by atomic mass is 9.67. The van der Waals surface area contributed by atoms with Gasteiger partial charge in [-0.1, -0.05) is 172 Å². The summed E-state index contributed by atoms with van der Waals surface area (Å²) in [6, 6.07) is 69.7. The number of benzene rings is 8.